The fourth-order valence-corrected chi connectivity index (χ4v) is 3.97. The zero-order valence-corrected chi connectivity index (χ0v) is 12.7. The summed E-state index contributed by atoms with van der Waals surface area (Å²) in [5, 5.41) is 20.8. The van der Waals surface area contributed by atoms with Gasteiger partial charge in [-0.05, 0) is 43.6 Å². The standard InChI is InChI=1S/C16H25NO3/c1-9-7-10(2)13(11(3)16(4,20)8-9)14-12(18)5-6-17-15(14)19/h5-6,9-11,13,20H,7-8H2,1-4H3,(H2,17,18,19)/t9-,10+,11+,13-,16+/m1/s1. The Bertz CT molecular complexity index is 535. The van der Waals surface area contributed by atoms with Crippen LogP contribution in [0.1, 0.15) is 52.0 Å². The van der Waals surface area contributed by atoms with Gasteiger partial charge in [-0.3, -0.25) is 4.79 Å². The molecule has 1 aliphatic carbocycles. The van der Waals surface area contributed by atoms with E-state index in [9.17, 15) is 15.0 Å². The van der Waals surface area contributed by atoms with Crippen LogP contribution in [0.25, 0.3) is 0 Å². The summed E-state index contributed by atoms with van der Waals surface area (Å²) in [7, 11) is 0. The van der Waals surface area contributed by atoms with Crippen molar-refractivity contribution in [3.8, 4) is 5.75 Å². The van der Waals surface area contributed by atoms with E-state index >= 15 is 0 Å². The predicted octanol–water partition coefficient (Wildman–Crippen LogP) is 2.62. The van der Waals surface area contributed by atoms with Crippen molar-refractivity contribution >= 4 is 0 Å². The van der Waals surface area contributed by atoms with Crippen molar-refractivity contribution < 1.29 is 10.2 Å². The lowest BCUT2D eigenvalue weighted by Gasteiger charge is -2.36. The van der Waals surface area contributed by atoms with Gasteiger partial charge in [0, 0.05) is 12.1 Å². The highest BCUT2D eigenvalue weighted by atomic mass is 16.3. The summed E-state index contributed by atoms with van der Waals surface area (Å²) in [6.07, 6.45) is 3.12. The minimum atomic E-state index is -0.830. The molecule has 112 valence electrons. The first-order valence-corrected chi connectivity index (χ1v) is 7.37. The highest BCUT2D eigenvalue weighted by Gasteiger charge is 2.43. The monoisotopic (exact) mass is 279 g/mol. The molecule has 20 heavy (non-hydrogen) atoms. The first-order valence-electron chi connectivity index (χ1n) is 7.37. The molecule has 0 amide bonds. The molecule has 3 N–H and O–H groups in total. The Balaban J connectivity index is 2.54. The molecule has 1 aliphatic rings. The van der Waals surface area contributed by atoms with Gasteiger partial charge in [-0.2, -0.15) is 0 Å². The second kappa shape index (κ2) is 5.24. The number of rotatable bonds is 1. The number of aliphatic hydroxyl groups is 1. The van der Waals surface area contributed by atoms with Gasteiger partial charge in [0.2, 0.25) is 0 Å². The van der Waals surface area contributed by atoms with E-state index in [4.69, 9.17) is 0 Å². The molecular weight excluding hydrogens is 254 g/mol. The van der Waals surface area contributed by atoms with Crippen LogP contribution < -0.4 is 5.56 Å². The van der Waals surface area contributed by atoms with Crippen molar-refractivity contribution in [2.45, 2.75) is 52.1 Å². The van der Waals surface area contributed by atoms with E-state index in [1.165, 1.54) is 12.3 Å². The number of aromatic amines is 1. The van der Waals surface area contributed by atoms with Crippen LogP contribution in [-0.2, 0) is 0 Å². The van der Waals surface area contributed by atoms with Crippen LogP contribution in [-0.4, -0.2) is 20.8 Å². The molecule has 2 rings (SSSR count). The largest absolute Gasteiger partial charge is 0.507 e. The third-order valence-electron chi connectivity index (χ3n) is 4.98. The van der Waals surface area contributed by atoms with E-state index in [-0.39, 0.29) is 29.1 Å². The fourth-order valence-electron chi connectivity index (χ4n) is 3.97. The molecule has 0 aliphatic heterocycles. The summed E-state index contributed by atoms with van der Waals surface area (Å²) in [5.74, 6) is 0.445. The molecule has 4 nitrogen and oxygen atoms in total. The molecule has 0 saturated heterocycles. The average Bonchev–Trinajstić information content (AvgIpc) is 2.37. The van der Waals surface area contributed by atoms with E-state index in [0.29, 0.717) is 11.5 Å². The van der Waals surface area contributed by atoms with Crippen LogP contribution in [0.2, 0.25) is 0 Å². The second-order valence-corrected chi connectivity index (χ2v) is 6.80. The van der Waals surface area contributed by atoms with Gasteiger partial charge in [-0.25, -0.2) is 0 Å². The summed E-state index contributed by atoms with van der Waals surface area (Å²) in [6.45, 7) is 8.05. The zero-order valence-electron chi connectivity index (χ0n) is 12.7. The summed E-state index contributed by atoms with van der Waals surface area (Å²) >= 11 is 0. The van der Waals surface area contributed by atoms with Gasteiger partial charge in [0.25, 0.3) is 5.56 Å². The lowest BCUT2D eigenvalue weighted by atomic mass is 9.72. The van der Waals surface area contributed by atoms with Crippen LogP contribution >= 0.6 is 0 Å². The van der Waals surface area contributed by atoms with E-state index in [2.05, 4.69) is 18.8 Å². The molecule has 1 heterocycles. The quantitative estimate of drug-likeness (QED) is 0.692. The van der Waals surface area contributed by atoms with Crippen LogP contribution in [0.3, 0.4) is 0 Å². The van der Waals surface area contributed by atoms with Gasteiger partial charge in [-0.1, -0.05) is 20.8 Å². The molecule has 1 aromatic heterocycles. The lowest BCUT2D eigenvalue weighted by molar-refractivity contribution is -0.0166. The molecule has 0 aromatic carbocycles. The number of pyridine rings is 1. The number of aromatic hydroxyl groups is 1. The normalized spacial score (nSPS) is 38.5. The van der Waals surface area contributed by atoms with Gasteiger partial charge in [0.1, 0.15) is 5.75 Å². The zero-order chi connectivity index (χ0) is 15.1. The van der Waals surface area contributed by atoms with E-state index in [0.717, 1.165) is 12.8 Å². The molecule has 4 heteroatoms. The third-order valence-corrected chi connectivity index (χ3v) is 4.98. The smallest absolute Gasteiger partial charge is 0.255 e. The Labute approximate surface area is 119 Å². The molecule has 0 bridgehead atoms. The van der Waals surface area contributed by atoms with E-state index in [1.54, 1.807) is 0 Å². The molecular formula is C16H25NO3. The number of nitrogens with one attached hydrogen (secondary N) is 1. The van der Waals surface area contributed by atoms with Crippen LogP contribution in [0.5, 0.6) is 5.75 Å². The van der Waals surface area contributed by atoms with Crippen molar-refractivity contribution in [3.05, 3.63) is 28.2 Å². The van der Waals surface area contributed by atoms with Crippen LogP contribution in [0.4, 0.5) is 0 Å². The summed E-state index contributed by atoms with van der Waals surface area (Å²) < 4.78 is 0. The second-order valence-electron chi connectivity index (χ2n) is 6.80. The molecule has 1 aromatic rings. The Hall–Kier alpha value is -1.29. The number of hydrogen-bond acceptors (Lipinski definition) is 3. The summed E-state index contributed by atoms with van der Waals surface area (Å²) in [5.41, 5.74) is -0.662. The predicted molar refractivity (Wildman–Crippen MR) is 78.8 cm³/mol. The first kappa shape index (κ1) is 15.1. The Morgan fingerprint density at radius 1 is 1.35 bits per heavy atom. The minimum absolute atomic E-state index is 0.0304. The number of aromatic nitrogens is 1. The van der Waals surface area contributed by atoms with E-state index in [1.807, 2.05) is 13.8 Å². The third kappa shape index (κ3) is 2.62. The van der Waals surface area contributed by atoms with Crippen LogP contribution in [0.15, 0.2) is 17.1 Å². The van der Waals surface area contributed by atoms with Crippen molar-refractivity contribution in [2.24, 2.45) is 17.8 Å². The molecule has 0 unspecified atom stereocenters. The fraction of sp³-hybridized carbons (Fsp3) is 0.688. The minimum Gasteiger partial charge on any atom is -0.507 e. The number of H-pyrrole nitrogens is 1. The van der Waals surface area contributed by atoms with Crippen molar-refractivity contribution in [1.82, 2.24) is 4.98 Å². The Morgan fingerprint density at radius 2 is 2.00 bits per heavy atom. The molecule has 5 atom stereocenters. The highest BCUT2D eigenvalue weighted by Crippen LogP contribution is 2.47. The van der Waals surface area contributed by atoms with Crippen molar-refractivity contribution in [1.29, 1.82) is 0 Å². The topological polar surface area (TPSA) is 73.3 Å². The van der Waals surface area contributed by atoms with Crippen LogP contribution in [0, 0.1) is 17.8 Å². The Kier molecular flexibility index (Phi) is 3.96. The SMILES string of the molecule is C[C@@H]1C[C@H](C)[C@@H](c2c(O)cc[nH]c2=O)[C@H](C)[C@@](C)(O)C1. The Morgan fingerprint density at radius 3 is 2.60 bits per heavy atom. The maximum absolute atomic E-state index is 12.1. The number of hydrogen-bond donors (Lipinski definition) is 3. The first-order chi connectivity index (χ1) is 9.24. The molecule has 1 fully saturated rings. The highest BCUT2D eigenvalue weighted by molar-refractivity contribution is 5.33. The maximum atomic E-state index is 12.1. The van der Waals surface area contributed by atoms with Gasteiger partial charge >= 0.3 is 0 Å². The van der Waals surface area contributed by atoms with Crippen molar-refractivity contribution in [3.63, 3.8) is 0 Å². The maximum Gasteiger partial charge on any atom is 0.255 e. The van der Waals surface area contributed by atoms with Gasteiger partial charge in [0.15, 0.2) is 0 Å². The average molecular weight is 279 g/mol. The van der Waals surface area contributed by atoms with Gasteiger partial charge in [0.05, 0.1) is 11.2 Å². The van der Waals surface area contributed by atoms with Crippen molar-refractivity contribution in [2.75, 3.05) is 0 Å². The molecule has 0 spiro atoms. The van der Waals surface area contributed by atoms with Gasteiger partial charge in [-0.15, -0.1) is 0 Å². The summed E-state index contributed by atoms with van der Waals surface area (Å²) in [4.78, 5) is 14.8. The molecule has 1 saturated carbocycles. The molecule has 0 radical (unpaired) electrons. The van der Waals surface area contributed by atoms with E-state index < -0.39 is 5.60 Å². The van der Waals surface area contributed by atoms with Gasteiger partial charge < -0.3 is 15.2 Å². The lowest BCUT2D eigenvalue weighted by Crippen LogP contribution is -2.38. The summed E-state index contributed by atoms with van der Waals surface area (Å²) in [6, 6.07) is 1.51.